The average molecular weight is 611 g/mol. The first-order valence-corrected chi connectivity index (χ1v) is 13.0. The molecule has 10 N–H and O–H groups in total. The molecule has 0 amide bonds. The second-order valence-corrected chi connectivity index (χ2v) is 10.3. The normalized spacial score (nSPS) is 33.0. The Morgan fingerprint density at radius 2 is 1.42 bits per heavy atom. The van der Waals surface area contributed by atoms with Crippen LogP contribution in [0.1, 0.15) is 6.92 Å². The first kappa shape index (κ1) is 30.7. The number of phenols is 4. The van der Waals surface area contributed by atoms with Gasteiger partial charge >= 0.3 is 0 Å². The minimum absolute atomic E-state index is 0.0409. The molecule has 16 heteroatoms. The van der Waals surface area contributed by atoms with Crippen molar-refractivity contribution in [2.45, 2.75) is 68.3 Å². The maximum absolute atomic E-state index is 13.6. The third-order valence-electron chi connectivity index (χ3n) is 7.29. The summed E-state index contributed by atoms with van der Waals surface area (Å²) in [6.07, 6.45) is -16.1. The molecule has 5 rings (SSSR count). The van der Waals surface area contributed by atoms with Crippen LogP contribution < -0.4 is 10.2 Å². The highest BCUT2D eigenvalue weighted by Crippen LogP contribution is 2.39. The summed E-state index contributed by atoms with van der Waals surface area (Å²) >= 11 is 0. The summed E-state index contributed by atoms with van der Waals surface area (Å²) in [6, 6.07) is 5.21. The van der Waals surface area contributed by atoms with E-state index in [-0.39, 0.29) is 16.5 Å². The van der Waals surface area contributed by atoms with Crippen LogP contribution in [0.5, 0.6) is 28.7 Å². The highest BCUT2D eigenvalue weighted by Gasteiger charge is 2.47. The van der Waals surface area contributed by atoms with Crippen molar-refractivity contribution < 1.29 is 74.4 Å². The van der Waals surface area contributed by atoms with E-state index >= 15 is 0 Å². The quantitative estimate of drug-likeness (QED) is 0.140. The molecule has 43 heavy (non-hydrogen) atoms. The zero-order valence-electron chi connectivity index (χ0n) is 22.3. The van der Waals surface area contributed by atoms with Crippen LogP contribution in [0.2, 0.25) is 0 Å². The number of phenolic OH excluding ortho intramolecular Hbond substituents is 4. The lowest BCUT2D eigenvalue weighted by atomic mass is 9.98. The minimum Gasteiger partial charge on any atom is -0.508 e. The van der Waals surface area contributed by atoms with Gasteiger partial charge in [-0.1, -0.05) is 0 Å². The minimum atomic E-state index is -1.96. The lowest BCUT2D eigenvalue weighted by molar-refractivity contribution is -0.318. The van der Waals surface area contributed by atoms with E-state index in [2.05, 4.69) is 0 Å². The van der Waals surface area contributed by atoms with E-state index in [4.69, 9.17) is 23.4 Å². The third kappa shape index (κ3) is 5.67. The van der Waals surface area contributed by atoms with Gasteiger partial charge in [0.2, 0.25) is 17.5 Å². The first-order chi connectivity index (χ1) is 20.3. The van der Waals surface area contributed by atoms with Gasteiger partial charge in [0.15, 0.2) is 34.9 Å². The van der Waals surface area contributed by atoms with Crippen LogP contribution >= 0.6 is 0 Å². The van der Waals surface area contributed by atoms with Crippen LogP contribution in [0.3, 0.4) is 0 Å². The smallest absolute Gasteiger partial charge is 0.235 e. The molecule has 10 atom stereocenters. The zero-order chi connectivity index (χ0) is 31.3. The van der Waals surface area contributed by atoms with Crippen LogP contribution in [0, 0.1) is 0 Å². The Labute approximate surface area is 241 Å². The van der Waals surface area contributed by atoms with Gasteiger partial charge in [-0.05, 0) is 31.2 Å². The number of aromatic hydroxyl groups is 4. The van der Waals surface area contributed by atoms with Gasteiger partial charge in [0.1, 0.15) is 48.5 Å². The topological polar surface area (TPSA) is 269 Å². The molecule has 0 spiro atoms. The Kier molecular flexibility index (Phi) is 8.41. The molecule has 1 aromatic heterocycles. The van der Waals surface area contributed by atoms with E-state index in [0.29, 0.717) is 0 Å². The number of benzene rings is 2. The third-order valence-corrected chi connectivity index (χ3v) is 7.29. The Bertz CT molecular complexity index is 1540. The van der Waals surface area contributed by atoms with Crippen LogP contribution in [0.15, 0.2) is 39.5 Å². The number of hydrogen-bond acceptors (Lipinski definition) is 16. The number of aliphatic hydroxyl groups excluding tert-OH is 6. The van der Waals surface area contributed by atoms with Gasteiger partial charge in [-0.15, -0.1) is 0 Å². The Hall–Kier alpha value is -3.71. The Balaban J connectivity index is 1.48. The fourth-order valence-corrected chi connectivity index (χ4v) is 4.82. The molecule has 2 saturated heterocycles. The monoisotopic (exact) mass is 610 g/mol. The predicted molar refractivity (Wildman–Crippen MR) is 140 cm³/mol. The van der Waals surface area contributed by atoms with Gasteiger partial charge in [0.05, 0.1) is 18.1 Å². The summed E-state index contributed by atoms with van der Waals surface area (Å²) in [4.78, 5) is 13.6. The SMILES string of the molecule is C[C@H]1O[C@@H](OC[C@H]2O[C@@H](Oc3c(-c4ccc(O)c(O)c4)oc4c(O)cc(O)cc4c3=O)[C@H](O)[C@@H](O)[C@@H]2O)[C@H](O)[C@H](O)[C@H]1O. The number of hydrogen-bond donors (Lipinski definition) is 10. The number of ether oxygens (including phenoxy) is 4. The summed E-state index contributed by atoms with van der Waals surface area (Å²) < 4.78 is 27.8. The summed E-state index contributed by atoms with van der Waals surface area (Å²) in [6.45, 7) is 0.820. The lowest BCUT2D eigenvalue weighted by Gasteiger charge is -2.42. The molecule has 0 saturated carbocycles. The molecular weight excluding hydrogens is 580 g/mol. The van der Waals surface area contributed by atoms with Crippen LogP contribution in [0.4, 0.5) is 0 Å². The second kappa shape index (κ2) is 11.8. The van der Waals surface area contributed by atoms with Crippen molar-refractivity contribution in [1.82, 2.24) is 0 Å². The van der Waals surface area contributed by atoms with Gasteiger partial charge in [-0.2, -0.15) is 0 Å². The van der Waals surface area contributed by atoms with E-state index in [1.165, 1.54) is 13.0 Å². The number of fused-ring (bicyclic) bond motifs is 1. The van der Waals surface area contributed by atoms with Crippen molar-refractivity contribution in [3.05, 3.63) is 40.6 Å². The summed E-state index contributed by atoms with van der Waals surface area (Å²) in [5.74, 6) is -3.32. The molecule has 3 heterocycles. The van der Waals surface area contributed by atoms with E-state index in [1.54, 1.807) is 0 Å². The lowest BCUT2D eigenvalue weighted by Crippen LogP contribution is -2.61. The van der Waals surface area contributed by atoms with Crippen molar-refractivity contribution in [3.8, 4) is 40.1 Å². The molecule has 2 aliphatic heterocycles. The number of rotatable bonds is 6. The highest BCUT2D eigenvalue weighted by atomic mass is 16.7. The molecular formula is C27H30O16. The van der Waals surface area contributed by atoms with E-state index in [9.17, 15) is 55.9 Å². The van der Waals surface area contributed by atoms with Gasteiger partial charge in [-0.3, -0.25) is 4.79 Å². The fraction of sp³-hybridized carbons (Fsp3) is 0.444. The van der Waals surface area contributed by atoms with Gasteiger partial charge in [-0.25, -0.2) is 0 Å². The second-order valence-electron chi connectivity index (χ2n) is 10.3. The Morgan fingerprint density at radius 1 is 0.744 bits per heavy atom. The van der Waals surface area contributed by atoms with Crippen LogP contribution in [0.25, 0.3) is 22.3 Å². The van der Waals surface area contributed by atoms with Crippen LogP contribution in [-0.2, 0) is 14.2 Å². The molecule has 2 fully saturated rings. The van der Waals surface area contributed by atoms with Gasteiger partial charge < -0.3 is 74.4 Å². The van der Waals surface area contributed by atoms with Crippen molar-refractivity contribution in [1.29, 1.82) is 0 Å². The average Bonchev–Trinajstić information content (AvgIpc) is 2.96. The van der Waals surface area contributed by atoms with Crippen molar-refractivity contribution >= 4 is 11.0 Å². The van der Waals surface area contributed by atoms with Crippen LogP contribution in [-0.4, -0.2) is 119 Å². The molecule has 0 bridgehead atoms. The zero-order valence-corrected chi connectivity index (χ0v) is 22.3. The first-order valence-electron chi connectivity index (χ1n) is 13.0. The molecule has 2 aromatic carbocycles. The van der Waals surface area contributed by atoms with Gasteiger partial charge in [0.25, 0.3) is 0 Å². The largest absolute Gasteiger partial charge is 0.508 e. The molecule has 0 radical (unpaired) electrons. The van der Waals surface area contributed by atoms with Crippen molar-refractivity contribution in [2.24, 2.45) is 0 Å². The highest BCUT2D eigenvalue weighted by molar-refractivity contribution is 5.87. The molecule has 3 aromatic rings. The maximum atomic E-state index is 13.6. The summed E-state index contributed by atoms with van der Waals surface area (Å²) in [5, 5.41) is 101. The van der Waals surface area contributed by atoms with E-state index in [0.717, 1.165) is 24.3 Å². The molecule has 2 aliphatic rings. The fourth-order valence-electron chi connectivity index (χ4n) is 4.82. The van der Waals surface area contributed by atoms with Crippen molar-refractivity contribution in [3.63, 3.8) is 0 Å². The molecule has 234 valence electrons. The van der Waals surface area contributed by atoms with E-state index < -0.39 is 108 Å². The standard InChI is InChI=1S/C27H30O16/c1-8-16(32)19(35)21(37)26(40-8)39-7-15-18(34)20(36)22(38)27(41-15)43-25-17(33)11-5-10(28)6-14(31)24(11)42-23(25)9-2-3-12(29)13(30)4-9/h2-6,8,15-16,18-22,26-32,34-38H,7H2,1H3/t8-,15-,16+,18-,19-,20+,21-,22-,26-,27+/m1/s1. The predicted octanol–water partition coefficient (Wildman–Crippen LogP) is -1.69. The Morgan fingerprint density at radius 3 is 2.12 bits per heavy atom. The van der Waals surface area contributed by atoms with Crippen molar-refractivity contribution in [2.75, 3.05) is 6.61 Å². The molecule has 16 nitrogen and oxygen atoms in total. The summed E-state index contributed by atoms with van der Waals surface area (Å²) in [7, 11) is 0. The van der Waals surface area contributed by atoms with E-state index in [1.807, 2.05) is 0 Å². The number of aliphatic hydroxyl groups is 6. The van der Waals surface area contributed by atoms with Gasteiger partial charge in [0, 0.05) is 11.6 Å². The maximum Gasteiger partial charge on any atom is 0.235 e. The molecule has 0 unspecified atom stereocenters. The molecule has 0 aliphatic carbocycles. The summed E-state index contributed by atoms with van der Waals surface area (Å²) in [5.41, 5.74) is -1.41.